The van der Waals surface area contributed by atoms with Crippen LogP contribution in [-0.2, 0) is 6.54 Å². The Morgan fingerprint density at radius 1 is 1.36 bits per heavy atom. The van der Waals surface area contributed by atoms with Crippen molar-refractivity contribution in [2.45, 2.75) is 25.4 Å². The Bertz CT molecular complexity index is 607. The zero-order valence-corrected chi connectivity index (χ0v) is 17.7. The van der Waals surface area contributed by atoms with Crippen molar-refractivity contribution in [1.82, 2.24) is 25.1 Å². The van der Waals surface area contributed by atoms with Crippen LogP contribution in [0.25, 0.3) is 0 Å². The van der Waals surface area contributed by atoms with E-state index < -0.39 is 0 Å². The number of nitrogens with zero attached hydrogens (tertiary/aromatic N) is 4. The molecule has 1 fully saturated rings. The molecule has 1 atom stereocenters. The van der Waals surface area contributed by atoms with Crippen LogP contribution in [0.2, 0.25) is 0 Å². The molecule has 25 heavy (non-hydrogen) atoms. The molecule has 1 saturated heterocycles. The minimum atomic E-state index is 0. The van der Waals surface area contributed by atoms with Crippen LogP contribution in [0, 0.1) is 0 Å². The lowest BCUT2D eigenvalue weighted by Crippen LogP contribution is -2.43. The van der Waals surface area contributed by atoms with Gasteiger partial charge in [-0.3, -0.25) is 9.89 Å². The van der Waals surface area contributed by atoms with Crippen LogP contribution in [0.1, 0.15) is 23.8 Å². The lowest BCUT2D eigenvalue weighted by Gasteiger charge is -2.27. The van der Waals surface area contributed by atoms with Gasteiger partial charge >= 0.3 is 0 Å². The molecule has 0 aliphatic carbocycles. The highest BCUT2D eigenvalue weighted by Crippen LogP contribution is 2.27. The lowest BCUT2D eigenvalue weighted by molar-refractivity contribution is 0.249. The maximum Gasteiger partial charge on any atom is 0.191 e. The van der Waals surface area contributed by atoms with Gasteiger partial charge in [0.15, 0.2) is 5.96 Å². The molecule has 138 valence electrons. The second-order valence-electron chi connectivity index (χ2n) is 5.95. The van der Waals surface area contributed by atoms with Crippen molar-refractivity contribution < 1.29 is 0 Å². The Kier molecular flexibility index (Phi) is 8.70. The molecule has 0 radical (unpaired) electrons. The van der Waals surface area contributed by atoms with Crippen LogP contribution >= 0.6 is 35.3 Å². The van der Waals surface area contributed by atoms with E-state index in [1.165, 1.54) is 30.8 Å². The van der Waals surface area contributed by atoms with Crippen molar-refractivity contribution in [3.63, 3.8) is 0 Å². The van der Waals surface area contributed by atoms with Gasteiger partial charge in [0.2, 0.25) is 0 Å². The molecule has 0 bridgehead atoms. The molecule has 3 rings (SSSR count). The number of nitrogens with one attached hydrogen (secondary N) is 2. The second kappa shape index (κ2) is 10.8. The lowest BCUT2D eigenvalue weighted by atomic mass is 10.2. The summed E-state index contributed by atoms with van der Waals surface area (Å²) in [4.78, 5) is 12.4. The van der Waals surface area contributed by atoms with E-state index in [0.29, 0.717) is 6.04 Å². The van der Waals surface area contributed by atoms with Crippen molar-refractivity contribution in [1.29, 1.82) is 0 Å². The van der Waals surface area contributed by atoms with Gasteiger partial charge in [-0.25, -0.2) is 4.98 Å². The molecular formula is C17H27IN6S. The Balaban J connectivity index is 0.00000225. The summed E-state index contributed by atoms with van der Waals surface area (Å²) in [6.07, 6.45) is 8.21. The van der Waals surface area contributed by atoms with E-state index in [4.69, 9.17) is 0 Å². The van der Waals surface area contributed by atoms with Gasteiger partial charge in [0.05, 0.1) is 12.4 Å². The summed E-state index contributed by atoms with van der Waals surface area (Å²) in [6, 6.07) is 4.81. The van der Waals surface area contributed by atoms with Gasteiger partial charge in [-0.1, -0.05) is 6.07 Å². The van der Waals surface area contributed by atoms with Crippen LogP contribution in [0.4, 0.5) is 0 Å². The van der Waals surface area contributed by atoms with E-state index in [0.717, 1.165) is 25.6 Å². The average Bonchev–Trinajstić information content (AvgIpc) is 3.35. The Morgan fingerprint density at radius 3 is 2.84 bits per heavy atom. The average molecular weight is 474 g/mol. The highest BCUT2D eigenvalue weighted by Gasteiger charge is 2.24. The standard InChI is InChI=1S/C17H26N6S.HI/c1-18-17(20-7-11-22-10-6-19-14-22)21-13-15(16-5-4-12-24-16)23-8-2-3-9-23;/h4-6,10,12,14-15H,2-3,7-9,11,13H2,1H3,(H2,18,20,21);1H. The topological polar surface area (TPSA) is 57.5 Å². The number of hydrogen-bond acceptors (Lipinski definition) is 4. The predicted octanol–water partition coefficient (Wildman–Crippen LogP) is 2.56. The largest absolute Gasteiger partial charge is 0.355 e. The fourth-order valence-corrected chi connectivity index (χ4v) is 3.94. The van der Waals surface area contributed by atoms with E-state index >= 15 is 0 Å². The summed E-state index contributed by atoms with van der Waals surface area (Å²) in [7, 11) is 1.82. The normalized spacial score (nSPS) is 16.4. The van der Waals surface area contributed by atoms with Gasteiger partial charge in [-0.15, -0.1) is 35.3 Å². The number of aromatic nitrogens is 2. The molecule has 0 spiro atoms. The monoisotopic (exact) mass is 474 g/mol. The molecule has 3 heterocycles. The fraction of sp³-hybridized carbons (Fsp3) is 0.529. The van der Waals surface area contributed by atoms with E-state index in [2.05, 4.69) is 47.6 Å². The van der Waals surface area contributed by atoms with Crippen LogP contribution < -0.4 is 10.6 Å². The zero-order chi connectivity index (χ0) is 16.6. The molecular weight excluding hydrogens is 447 g/mol. The van der Waals surface area contributed by atoms with Crippen LogP contribution in [0.15, 0.2) is 41.2 Å². The highest BCUT2D eigenvalue weighted by atomic mass is 127. The first kappa shape index (κ1) is 20.2. The van der Waals surface area contributed by atoms with E-state index in [9.17, 15) is 0 Å². The molecule has 2 N–H and O–H groups in total. The van der Waals surface area contributed by atoms with E-state index in [1.807, 2.05) is 30.9 Å². The number of rotatable bonds is 7. The van der Waals surface area contributed by atoms with Crippen molar-refractivity contribution in [3.8, 4) is 0 Å². The minimum Gasteiger partial charge on any atom is -0.355 e. The van der Waals surface area contributed by atoms with Gasteiger partial charge in [0.1, 0.15) is 0 Å². The van der Waals surface area contributed by atoms with Crippen molar-refractivity contribution in [2.75, 3.05) is 33.2 Å². The number of imidazole rings is 1. The van der Waals surface area contributed by atoms with E-state index in [1.54, 1.807) is 6.20 Å². The van der Waals surface area contributed by atoms with Gasteiger partial charge in [0, 0.05) is 44.0 Å². The maximum atomic E-state index is 4.34. The van der Waals surface area contributed by atoms with Gasteiger partial charge in [-0.2, -0.15) is 0 Å². The SMILES string of the molecule is CN=C(NCCn1ccnc1)NCC(c1cccs1)N1CCCC1.I. The van der Waals surface area contributed by atoms with Crippen molar-refractivity contribution in [2.24, 2.45) is 4.99 Å². The van der Waals surface area contributed by atoms with Gasteiger partial charge in [-0.05, 0) is 37.4 Å². The number of hydrogen-bond donors (Lipinski definition) is 2. The third-order valence-electron chi connectivity index (χ3n) is 4.36. The van der Waals surface area contributed by atoms with Crippen molar-refractivity contribution in [3.05, 3.63) is 41.1 Å². The summed E-state index contributed by atoms with van der Waals surface area (Å²) in [6.45, 7) is 4.96. The number of halogens is 1. The number of thiophene rings is 1. The maximum absolute atomic E-state index is 4.34. The first-order chi connectivity index (χ1) is 11.9. The van der Waals surface area contributed by atoms with Crippen LogP contribution in [0.5, 0.6) is 0 Å². The summed E-state index contributed by atoms with van der Waals surface area (Å²) < 4.78 is 2.05. The van der Waals surface area contributed by atoms with Crippen LogP contribution in [0.3, 0.4) is 0 Å². The smallest absolute Gasteiger partial charge is 0.191 e. The molecule has 1 aliphatic heterocycles. The second-order valence-corrected chi connectivity index (χ2v) is 6.93. The first-order valence-corrected chi connectivity index (χ1v) is 9.42. The Morgan fingerprint density at radius 2 is 2.20 bits per heavy atom. The molecule has 0 amide bonds. The number of guanidine groups is 1. The fourth-order valence-electron chi connectivity index (χ4n) is 3.08. The number of aliphatic imine (C=N–C) groups is 1. The Labute approximate surface area is 170 Å². The molecule has 2 aromatic rings. The van der Waals surface area contributed by atoms with Crippen LogP contribution in [-0.4, -0.2) is 53.6 Å². The van der Waals surface area contributed by atoms with Gasteiger partial charge < -0.3 is 15.2 Å². The van der Waals surface area contributed by atoms with Crippen molar-refractivity contribution >= 4 is 41.3 Å². The molecule has 2 aromatic heterocycles. The molecule has 1 aliphatic rings. The Hall–Kier alpha value is -1.13. The molecule has 6 nitrogen and oxygen atoms in total. The molecule has 1 unspecified atom stereocenters. The summed E-state index contributed by atoms with van der Waals surface area (Å²) in [5.41, 5.74) is 0. The quantitative estimate of drug-likeness (QED) is 0.368. The molecule has 0 saturated carbocycles. The zero-order valence-electron chi connectivity index (χ0n) is 14.6. The first-order valence-electron chi connectivity index (χ1n) is 8.54. The van der Waals surface area contributed by atoms with Gasteiger partial charge in [0.25, 0.3) is 0 Å². The predicted molar refractivity (Wildman–Crippen MR) is 115 cm³/mol. The van der Waals surface area contributed by atoms with E-state index in [-0.39, 0.29) is 24.0 Å². The molecule has 8 heteroatoms. The highest BCUT2D eigenvalue weighted by molar-refractivity contribution is 14.0. The summed E-state index contributed by atoms with van der Waals surface area (Å²) >= 11 is 1.84. The number of likely N-dealkylation sites (tertiary alicyclic amines) is 1. The summed E-state index contributed by atoms with van der Waals surface area (Å²) in [5, 5.41) is 9.03. The molecule has 0 aromatic carbocycles. The summed E-state index contributed by atoms with van der Waals surface area (Å²) in [5.74, 6) is 0.857. The minimum absolute atomic E-state index is 0. The third-order valence-corrected chi connectivity index (χ3v) is 5.33. The third kappa shape index (κ3) is 5.96.